The molecule has 0 bridgehead atoms. The van der Waals surface area contributed by atoms with E-state index in [9.17, 15) is 8.42 Å². The number of rotatable bonds is 7. The topological polar surface area (TPSA) is 58.2 Å². The maximum absolute atomic E-state index is 11.7. The molecule has 0 aliphatic rings. The number of halogens is 2. The van der Waals surface area contributed by atoms with E-state index in [1.807, 2.05) is 6.92 Å². The first-order chi connectivity index (χ1) is 8.44. The standard InChI is InChI=1S/C11H16Cl2N2O2S/c1-2-14-5-6-15-18(16,17)8-9-3-4-10(12)11(13)7-9/h3-4,7,14-15H,2,5-6,8H2,1H3. The van der Waals surface area contributed by atoms with Gasteiger partial charge < -0.3 is 5.32 Å². The van der Waals surface area contributed by atoms with Crippen molar-refractivity contribution < 1.29 is 8.42 Å². The minimum atomic E-state index is -3.34. The lowest BCUT2D eigenvalue weighted by Gasteiger charge is -2.07. The SMILES string of the molecule is CCNCCNS(=O)(=O)Cc1ccc(Cl)c(Cl)c1. The normalized spacial score (nSPS) is 11.7. The summed E-state index contributed by atoms with van der Waals surface area (Å²) in [5.41, 5.74) is 0.611. The molecule has 0 aliphatic carbocycles. The van der Waals surface area contributed by atoms with E-state index >= 15 is 0 Å². The maximum atomic E-state index is 11.7. The lowest BCUT2D eigenvalue weighted by Crippen LogP contribution is -2.32. The van der Waals surface area contributed by atoms with Gasteiger partial charge in [0.25, 0.3) is 0 Å². The monoisotopic (exact) mass is 310 g/mol. The second-order valence-corrected chi connectivity index (χ2v) is 6.38. The summed E-state index contributed by atoms with van der Waals surface area (Å²) in [4.78, 5) is 0. The minimum Gasteiger partial charge on any atom is -0.316 e. The maximum Gasteiger partial charge on any atom is 0.215 e. The largest absolute Gasteiger partial charge is 0.316 e. The van der Waals surface area contributed by atoms with Crippen molar-refractivity contribution in [1.29, 1.82) is 0 Å². The molecule has 0 radical (unpaired) electrons. The Morgan fingerprint density at radius 1 is 1.17 bits per heavy atom. The predicted octanol–water partition coefficient (Wildman–Crippen LogP) is 2.02. The molecule has 0 aromatic heterocycles. The first-order valence-electron chi connectivity index (χ1n) is 5.56. The van der Waals surface area contributed by atoms with Crippen LogP contribution in [0.25, 0.3) is 0 Å². The number of likely N-dealkylation sites (N-methyl/N-ethyl adjacent to an activating group) is 1. The molecule has 4 nitrogen and oxygen atoms in total. The molecule has 0 saturated heterocycles. The quantitative estimate of drug-likeness (QED) is 0.758. The first kappa shape index (κ1) is 15.7. The number of sulfonamides is 1. The van der Waals surface area contributed by atoms with E-state index in [1.54, 1.807) is 18.2 Å². The molecule has 1 aromatic carbocycles. The van der Waals surface area contributed by atoms with Crippen molar-refractivity contribution in [1.82, 2.24) is 10.0 Å². The van der Waals surface area contributed by atoms with Gasteiger partial charge in [-0.15, -0.1) is 0 Å². The minimum absolute atomic E-state index is 0.101. The summed E-state index contributed by atoms with van der Waals surface area (Å²) in [7, 11) is -3.34. The van der Waals surface area contributed by atoms with Crippen LogP contribution in [-0.2, 0) is 15.8 Å². The smallest absolute Gasteiger partial charge is 0.215 e. The van der Waals surface area contributed by atoms with Crippen molar-refractivity contribution in [3.05, 3.63) is 33.8 Å². The van der Waals surface area contributed by atoms with Crippen molar-refractivity contribution in [3.8, 4) is 0 Å². The fraction of sp³-hybridized carbons (Fsp3) is 0.455. The molecule has 0 atom stereocenters. The van der Waals surface area contributed by atoms with Crippen molar-refractivity contribution in [2.24, 2.45) is 0 Å². The van der Waals surface area contributed by atoms with Crippen LogP contribution in [0, 0.1) is 0 Å². The van der Waals surface area contributed by atoms with Crippen LogP contribution in [0.1, 0.15) is 12.5 Å². The van der Waals surface area contributed by atoms with Gasteiger partial charge in [0.15, 0.2) is 0 Å². The molecule has 0 saturated carbocycles. The molecular formula is C11H16Cl2N2O2S. The van der Waals surface area contributed by atoms with Gasteiger partial charge in [-0.05, 0) is 24.2 Å². The molecule has 102 valence electrons. The highest BCUT2D eigenvalue weighted by Gasteiger charge is 2.11. The highest BCUT2D eigenvalue weighted by molar-refractivity contribution is 7.88. The van der Waals surface area contributed by atoms with Gasteiger partial charge in [-0.25, -0.2) is 13.1 Å². The van der Waals surface area contributed by atoms with Crippen molar-refractivity contribution in [2.45, 2.75) is 12.7 Å². The molecule has 18 heavy (non-hydrogen) atoms. The van der Waals surface area contributed by atoms with E-state index in [0.29, 0.717) is 28.7 Å². The zero-order valence-electron chi connectivity index (χ0n) is 10.0. The third kappa shape index (κ3) is 5.54. The molecule has 0 heterocycles. The zero-order chi connectivity index (χ0) is 13.6. The van der Waals surface area contributed by atoms with Gasteiger partial charge in [0.2, 0.25) is 10.0 Å². The van der Waals surface area contributed by atoms with Crippen LogP contribution in [0.5, 0.6) is 0 Å². The zero-order valence-corrected chi connectivity index (χ0v) is 12.4. The Labute approximate surface area is 118 Å². The Morgan fingerprint density at radius 2 is 1.89 bits per heavy atom. The van der Waals surface area contributed by atoms with Crippen molar-refractivity contribution in [2.75, 3.05) is 19.6 Å². The van der Waals surface area contributed by atoms with Gasteiger partial charge in [0, 0.05) is 13.1 Å². The fourth-order valence-corrected chi connectivity index (χ4v) is 2.83. The summed E-state index contributed by atoms with van der Waals surface area (Å²) in [5, 5.41) is 3.81. The van der Waals surface area contributed by atoms with E-state index in [0.717, 1.165) is 6.54 Å². The average Bonchev–Trinajstić information content (AvgIpc) is 2.29. The summed E-state index contributed by atoms with van der Waals surface area (Å²) >= 11 is 11.6. The van der Waals surface area contributed by atoms with Gasteiger partial charge in [0.05, 0.1) is 15.8 Å². The molecular weight excluding hydrogens is 295 g/mol. The Kier molecular flexibility index (Phi) is 6.38. The average molecular weight is 311 g/mol. The Balaban J connectivity index is 2.56. The number of benzene rings is 1. The number of nitrogens with one attached hydrogen (secondary N) is 2. The summed E-state index contributed by atoms with van der Waals surface area (Å²) in [6.45, 7) is 3.76. The fourth-order valence-electron chi connectivity index (χ4n) is 1.37. The molecule has 7 heteroatoms. The number of hydrogen-bond donors (Lipinski definition) is 2. The van der Waals surface area contributed by atoms with Gasteiger partial charge in [-0.1, -0.05) is 36.2 Å². The second kappa shape index (κ2) is 7.31. The molecule has 0 unspecified atom stereocenters. The molecule has 0 spiro atoms. The molecule has 0 aliphatic heterocycles. The Bertz CT molecular complexity index is 492. The van der Waals surface area contributed by atoms with Crippen LogP contribution in [0.15, 0.2) is 18.2 Å². The Hall–Kier alpha value is -0.330. The molecule has 2 N–H and O–H groups in total. The van der Waals surface area contributed by atoms with Crippen molar-refractivity contribution in [3.63, 3.8) is 0 Å². The number of hydrogen-bond acceptors (Lipinski definition) is 3. The summed E-state index contributed by atoms with van der Waals surface area (Å²) in [5.74, 6) is -0.101. The van der Waals surface area contributed by atoms with Gasteiger partial charge in [-0.2, -0.15) is 0 Å². The van der Waals surface area contributed by atoms with E-state index in [4.69, 9.17) is 23.2 Å². The predicted molar refractivity (Wildman–Crippen MR) is 75.6 cm³/mol. The van der Waals surface area contributed by atoms with E-state index in [2.05, 4.69) is 10.0 Å². The van der Waals surface area contributed by atoms with E-state index < -0.39 is 10.0 Å². The van der Waals surface area contributed by atoms with Crippen LogP contribution >= 0.6 is 23.2 Å². The lowest BCUT2D eigenvalue weighted by molar-refractivity contribution is 0.576. The molecule has 0 amide bonds. The van der Waals surface area contributed by atoms with Crippen LogP contribution in [0.2, 0.25) is 10.0 Å². The molecule has 1 rings (SSSR count). The van der Waals surface area contributed by atoms with Crippen LogP contribution < -0.4 is 10.0 Å². The first-order valence-corrected chi connectivity index (χ1v) is 7.97. The van der Waals surface area contributed by atoms with Gasteiger partial charge in [-0.3, -0.25) is 0 Å². The highest BCUT2D eigenvalue weighted by Crippen LogP contribution is 2.23. The van der Waals surface area contributed by atoms with Crippen LogP contribution in [-0.4, -0.2) is 28.1 Å². The summed E-state index contributed by atoms with van der Waals surface area (Å²) in [6.07, 6.45) is 0. The third-order valence-corrected chi connectivity index (χ3v) is 4.31. The summed E-state index contributed by atoms with van der Waals surface area (Å²) in [6, 6.07) is 4.80. The highest BCUT2D eigenvalue weighted by atomic mass is 35.5. The third-order valence-electron chi connectivity index (χ3n) is 2.21. The van der Waals surface area contributed by atoms with Gasteiger partial charge >= 0.3 is 0 Å². The second-order valence-electron chi connectivity index (χ2n) is 3.76. The van der Waals surface area contributed by atoms with Gasteiger partial charge in [0.1, 0.15) is 0 Å². The van der Waals surface area contributed by atoms with Crippen LogP contribution in [0.4, 0.5) is 0 Å². The summed E-state index contributed by atoms with van der Waals surface area (Å²) < 4.78 is 26.0. The lowest BCUT2D eigenvalue weighted by atomic mass is 10.2. The molecule has 0 fully saturated rings. The Morgan fingerprint density at radius 3 is 2.50 bits per heavy atom. The van der Waals surface area contributed by atoms with E-state index in [-0.39, 0.29) is 5.75 Å². The van der Waals surface area contributed by atoms with Crippen molar-refractivity contribution >= 4 is 33.2 Å². The van der Waals surface area contributed by atoms with E-state index in [1.165, 1.54) is 0 Å². The van der Waals surface area contributed by atoms with Crippen LogP contribution in [0.3, 0.4) is 0 Å². The molecule has 1 aromatic rings.